The summed E-state index contributed by atoms with van der Waals surface area (Å²) >= 11 is 11.7. The van der Waals surface area contributed by atoms with Gasteiger partial charge in [-0.15, -0.1) is 0 Å². The molecule has 0 unspecified atom stereocenters. The molecule has 1 saturated heterocycles. The minimum absolute atomic E-state index is 0.0768. The first-order valence-electron chi connectivity index (χ1n) is 6.22. The number of carbonyl (C=O) groups excluding carboxylic acids is 1. The van der Waals surface area contributed by atoms with Crippen LogP contribution in [0.2, 0.25) is 10.0 Å². The van der Waals surface area contributed by atoms with Gasteiger partial charge in [0.15, 0.2) is 0 Å². The van der Waals surface area contributed by atoms with Gasteiger partial charge in [0.1, 0.15) is 6.10 Å². The van der Waals surface area contributed by atoms with Crippen molar-refractivity contribution >= 4 is 29.3 Å². The first-order chi connectivity index (χ1) is 8.79. The van der Waals surface area contributed by atoms with Gasteiger partial charge in [0, 0.05) is 10.0 Å². The first kappa shape index (κ1) is 16.1. The second kappa shape index (κ2) is 7.01. The fourth-order valence-corrected chi connectivity index (χ4v) is 2.15. The molecule has 0 aliphatic carbocycles. The van der Waals surface area contributed by atoms with Crippen LogP contribution in [0, 0.1) is 5.92 Å². The number of hydrogen-bond acceptors (Lipinski definition) is 2. The van der Waals surface area contributed by atoms with Crippen LogP contribution in [0.25, 0.3) is 0 Å². The average molecular weight is 304 g/mol. The van der Waals surface area contributed by atoms with Gasteiger partial charge in [-0.1, -0.05) is 44.0 Å². The molecule has 0 radical (unpaired) electrons. The van der Waals surface area contributed by atoms with Crippen molar-refractivity contribution in [2.75, 3.05) is 0 Å². The highest BCUT2D eigenvalue weighted by molar-refractivity contribution is 6.34. The van der Waals surface area contributed by atoms with Crippen LogP contribution in [0.15, 0.2) is 18.2 Å². The maximum absolute atomic E-state index is 11.0. The molecule has 106 valence electrons. The molecule has 1 aromatic rings. The SMILES string of the molecule is CC(C)C.C[C@@H]1NC(=O)O[C@@H]1c1cc(Cl)cc(Cl)c1. The number of amides is 1. The van der Waals surface area contributed by atoms with Crippen molar-refractivity contribution < 1.29 is 9.53 Å². The van der Waals surface area contributed by atoms with E-state index in [-0.39, 0.29) is 12.1 Å². The molecule has 0 saturated carbocycles. The van der Waals surface area contributed by atoms with Crippen molar-refractivity contribution in [1.82, 2.24) is 5.32 Å². The highest BCUT2D eigenvalue weighted by Gasteiger charge is 2.32. The largest absolute Gasteiger partial charge is 0.439 e. The van der Waals surface area contributed by atoms with Gasteiger partial charge < -0.3 is 10.1 Å². The van der Waals surface area contributed by atoms with Crippen molar-refractivity contribution in [2.24, 2.45) is 5.92 Å². The molecule has 1 fully saturated rings. The molecule has 1 amide bonds. The van der Waals surface area contributed by atoms with E-state index in [0.717, 1.165) is 11.5 Å². The molecule has 1 aliphatic heterocycles. The molecule has 2 atom stereocenters. The topological polar surface area (TPSA) is 38.3 Å². The van der Waals surface area contributed by atoms with Gasteiger partial charge in [-0.25, -0.2) is 4.79 Å². The second-order valence-corrected chi connectivity index (χ2v) is 6.07. The molecule has 1 aliphatic rings. The normalized spacial score (nSPS) is 21.5. The molecule has 1 heterocycles. The van der Waals surface area contributed by atoms with E-state index in [2.05, 4.69) is 26.1 Å². The van der Waals surface area contributed by atoms with Gasteiger partial charge >= 0.3 is 6.09 Å². The Bertz CT molecular complexity index is 426. The lowest BCUT2D eigenvalue weighted by atomic mass is 10.0. The van der Waals surface area contributed by atoms with Crippen molar-refractivity contribution in [3.8, 4) is 0 Å². The van der Waals surface area contributed by atoms with Crippen molar-refractivity contribution in [3.05, 3.63) is 33.8 Å². The summed E-state index contributed by atoms with van der Waals surface area (Å²) in [5, 5.41) is 3.73. The number of carbonyl (C=O) groups is 1. The molecular weight excluding hydrogens is 285 g/mol. The van der Waals surface area contributed by atoms with Crippen LogP contribution >= 0.6 is 23.2 Å². The van der Waals surface area contributed by atoms with Crippen LogP contribution in [-0.2, 0) is 4.74 Å². The summed E-state index contributed by atoms with van der Waals surface area (Å²) in [6.07, 6.45) is -0.739. The van der Waals surface area contributed by atoms with E-state index in [1.165, 1.54) is 0 Å². The predicted octanol–water partition coefficient (Wildman–Crippen LogP) is 4.83. The zero-order valence-corrected chi connectivity index (χ0v) is 13.0. The lowest BCUT2D eigenvalue weighted by molar-refractivity contribution is 0.134. The minimum Gasteiger partial charge on any atom is -0.439 e. The molecule has 3 nitrogen and oxygen atoms in total. The summed E-state index contributed by atoms with van der Waals surface area (Å²) in [6, 6.07) is 5.05. The fourth-order valence-electron chi connectivity index (χ4n) is 1.61. The summed E-state index contributed by atoms with van der Waals surface area (Å²) in [6.45, 7) is 8.37. The molecule has 0 bridgehead atoms. The summed E-state index contributed by atoms with van der Waals surface area (Å²) in [7, 11) is 0. The quantitative estimate of drug-likeness (QED) is 0.807. The second-order valence-electron chi connectivity index (χ2n) is 5.19. The van der Waals surface area contributed by atoms with Crippen LogP contribution in [0.1, 0.15) is 39.4 Å². The number of rotatable bonds is 1. The Morgan fingerprint density at radius 3 is 2.00 bits per heavy atom. The highest BCUT2D eigenvalue weighted by Crippen LogP contribution is 2.30. The minimum atomic E-state index is -0.413. The molecular formula is C14H19Cl2NO2. The Labute approximate surface area is 124 Å². The van der Waals surface area contributed by atoms with Crippen molar-refractivity contribution in [2.45, 2.75) is 39.8 Å². The highest BCUT2D eigenvalue weighted by atomic mass is 35.5. The zero-order valence-electron chi connectivity index (χ0n) is 11.5. The molecule has 19 heavy (non-hydrogen) atoms. The molecule has 0 aromatic heterocycles. The van der Waals surface area contributed by atoms with Crippen molar-refractivity contribution in [1.29, 1.82) is 0 Å². The number of alkyl carbamates (subject to hydrolysis) is 1. The Balaban J connectivity index is 0.000000399. The smallest absolute Gasteiger partial charge is 0.408 e. The van der Waals surface area contributed by atoms with Crippen LogP contribution in [-0.4, -0.2) is 12.1 Å². The van der Waals surface area contributed by atoms with Gasteiger partial charge in [0.2, 0.25) is 0 Å². The molecule has 2 rings (SSSR count). The van der Waals surface area contributed by atoms with Gasteiger partial charge in [-0.05, 0) is 36.6 Å². The van der Waals surface area contributed by atoms with E-state index in [1.807, 2.05) is 6.92 Å². The van der Waals surface area contributed by atoms with Gasteiger partial charge in [0.05, 0.1) is 6.04 Å². The first-order valence-corrected chi connectivity index (χ1v) is 6.98. The van der Waals surface area contributed by atoms with E-state index in [1.54, 1.807) is 18.2 Å². The predicted molar refractivity (Wildman–Crippen MR) is 78.8 cm³/mol. The standard InChI is InChI=1S/C10H9Cl2NO2.C4H10/c1-5-9(15-10(14)13-5)6-2-7(11)4-8(12)3-6;1-4(2)3/h2-5,9H,1H3,(H,13,14);4H,1-3H3/t5-,9-;/m0./s1. The van der Waals surface area contributed by atoms with Crippen LogP contribution in [0.3, 0.4) is 0 Å². The van der Waals surface area contributed by atoms with Crippen LogP contribution < -0.4 is 5.32 Å². The zero-order chi connectivity index (χ0) is 14.6. The van der Waals surface area contributed by atoms with Gasteiger partial charge in [-0.3, -0.25) is 0 Å². The maximum atomic E-state index is 11.0. The molecule has 5 heteroatoms. The number of benzene rings is 1. The third-order valence-electron chi connectivity index (χ3n) is 2.25. The Kier molecular flexibility index (Phi) is 5.95. The number of halogens is 2. The van der Waals surface area contributed by atoms with Crippen molar-refractivity contribution in [3.63, 3.8) is 0 Å². The third kappa shape index (κ3) is 5.29. The van der Waals surface area contributed by atoms with E-state index in [0.29, 0.717) is 10.0 Å². The fraction of sp³-hybridized carbons (Fsp3) is 0.500. The van der Waals surface area contributed by atoms with E-state index < -0.39 is 6.09 Å². The Morgan fingerprint density at radius 1 is 1.16 bits per heavy atom. The van der Waals surface area contributed by atoms with Crippen LogP contribution in [0.5, 0.6) is 0 Å². The maximum Gasteiger partial charge on any atom is 0.408 e. The van der Waals surface area contributed by atoms with Crippen LogP contribution in [0.4, 0.5) is 4.79 Å². The summed E-state index contributed by atoms with van der Waals surface area (Å²) in [5.41, 5.74) is 0.804. The molecule has 1 aromatic carbocycles. The van der Waals surface area contributed by atoms with E-state index in [4.69, 9.17) is 27.9 Å². The van der Waals surface area contributed by atoms with E-state index in [9.17, 15) is 4.79 Å². The van der Waals surface area contributed by atoms with Gasteiger partial charge in [-0.2, -0.15) is 0 Å². The third-order valence-corrected chi connectivity index (χ3v) is 2.68. The number of cyclic esters (lactones) is 1. The van der Waals surface area contributed by atoms with E-state index >= 15 is 0 Å². The Hall–Kier alpha value is -0.930. The lowest BCUT2D eigenvalue weighted by Gasteiger charge is -2.13. The number of nitrogens with one attached hydrogen (secondary N) is 1. The number of ether oxygens (including phenoxy) is 1. The lowest BCUT2D eigenvalue weighted by Crippen LogP contribution is -2.23. The molecule has 0 spiro atoms. The summed E-state index contributed by atoms with van der Waals surface area (Å²) < 4.78 is 5.10. The summed E-state index contributed by atoms with van der Waals surface area (Å²) in [4.78, 5) is 11.0. The average Bonchev–Trinajstić information content (AvgIpc) is 2.55. The summed E-state index contributed by atoms with van der Waals surface area (Å²) in [5.74, 6) is 0.833. The van der Waals surface area contributed by atoms with Gasteiger partial charge in [0.25, 0.3) is 0 Å². The number of hydrogen-bond donors (Lipinski definition) is 1. The monoisotopic (exact) mass is 303 g/mol. The molecule has 1 N–H and O–H groups in total. The Morgan fingerprint density at radius 2 is 1.63 bits per heavy atom.